The molecule has 2 nitrogen and oxygen atoms in total. The van der Waals surface area contributed by atoms with Gasteiger partial charge in [-0.1, -0.05) is 42.5 Å². The maximum Gasteiger partial charge on any atom is 0.0916 e. The van der Waals surface area contributed by atoms with Crippen LogP contribution in [0, 0.1) is 5.92 Å². The first-order valence-electron chi connectivity index (χ1n) is 9.40. The van der Waals surface area contributed by atoms with Crippen molar-refractivity contribution in [2.45, 2.75) is 45.2 Å². The fraction of sp³-hybridized carbons (Fsp3) is 0.619. The van der Waals surface area contributed by atoms with Crippen LogP contribution in [0.15, 0.2) is 42.5 Å². The second-order valence-corrected chi connectivity index (χ2v) is 7.93. The summed E-state index contributed by atoms with van der Waals surface area (Å²) in [4.78, 5) is 2.76. The Labute approximate surface area is 165 Å². The number of rotatable bonds is 4. The van der Waals surface area contributed by atoms with Gasteiger partial charge in [-0.2, -0.15) is 0 Å². The van der Waals surface area contributed by atoms with Crippen molar-refractivity contribution in [3.05, 3.63) is 48.0 Å². The van der Waals surface area contributed by atoms with Gasteiger partial charge in [0.15, 0.2) is 0 Å². The van der Waals surface area contributed by atoms with E-state index in [0.29, 0.717) is 12.0 Å². The highest BCUT2D eigenvalue weighted by atomic mass is 127. The van der Waals surface area contributed by atoms with Crippen molar-refractivity contribution in [1.29, 1.82) is 0 Å². The van der Waals surface area contributed by atoms with Gasteiger partial charge in [0.05, 0.1) is 26.2 Å². The van der Waals surface area contributed by atoms with Crippen molar-refractivity contribution in [2.24, 2.45) is 5.92 Å². The predicted molar refractivity (Wildman–Crippen MR) is 98.3 cm³/mol. The van der Waals surface area contributed by atoms with Crippen molar-refractivity contribution in [1.82, 2.24) is 4.90 Å². The summed E-state index contributed by atoms with van der Waals surface area (Å²) in [7, 11) is 2.43. The first-order valence-corrected chi connectivity index (χ1v) is 9.40. The minimum absolute atomic E-state index is 0. The van der Waals surface area contributed by atoms with E-state index in [1.54, 1.807) is 0 Å². The number of piperazine rings is 1. The van der Waals surface area contributed by atoms with Crippen molar-refractivity contribution in [3.63, 3.8) is 0 Å². The van der Waals surface area contributed by atoms with Gasteiger partial charge in [-0.25, -0.2) is 0 Å². The van der Waals surface area contributed by atoms with Gasteiger partial charge < -0.3 is 28.5 Å². The lowest BCUT2D eigenvalue weighted by atomic mass is 9.84. The van der Waals surface area contributed by atoms with Crippen LogP contribution in [0.1, 0.15) is 44.7 Å². The molecule has 2 aliphatic rings. The third-order valence-electron chi connectivity index (χ3n) is 6.27. The van der Waals surface area contributed by atoms with Crippen molar-refractivity contribution in [3.8, 4) is 0 Å². The van der Waals surface area contributed by atoms with E-state index in [0.717, 1.165) is 6.04 Å². The summed E-state index contributed by atoms with van der Waals surface area (Å²) in [6.07, 6.45) is 8.84. The lowest BCUT2D eigenvalue weighted by molar-refractivity contribution is -0.933. The van der Waals surface area contributed by atoms with Crippen LogP contribution in [0.3, 0.4) is 0 Å². The maximum atomic E-state index is 2.76. The van der Waals surface area contributed by atoms with E-state index >= 15 is 0 Å². The van der Waals surface area contributed by atoms with Gasteiger partial charge in [-0.15, -0.1) is 0 Å². The van der Waals surface area contributed by atoms with Crippen molar-refractivity contribution < 1.29 is 28.5 Å². The summed E-state index contributed by atoms with van der Waals surface area (Å²) < 4.78 is 1.22. The number of nitrogens with zero attached hydrogens (tertiary/aromatic N) is 2. The smallest absolute Gasteiger partial charge is 0.0916 e. The third-order valence-corrected chi connectivity index (χ3v) is 6.27. The lowest BCUT2D eigenvalue weighted by Crippen LogP contribution is -3.00. The molecule has 0 radical (unpaired) electrons. The fourth-order valence-electron chi connectivity index (χ4n) is 4.21. The molecule has 2 atom stereocenters. The zero-order chi connectivity index (χ0) is 16.3. The van der Waals surface area contributed by atoms with E-state index in [1.807, 2.05) is 0 Å². The Morgan fingerprint density at radius 2 is 1.75 bits per heavy atom. The third kappa shape index (κ3) is 4.41. The maximum absolute atomic E-state index is 2.76. The molecule has 24 heavy (non-hydrogen) atoms. The molecule has 3 heteroatoms. The number of benzene rings is 1. The van der Waals surface area contributed by atoms with Crippen LogP contribution in [-0.4, -0.2) is 48.7 Å². The standard InChI is InChI=1S/C21H33N2.HI/c1-18(2)23(3)16-14-22(15-17-23)21(19-10-6-4-7-11-19)20-12-8-5-9-13-20;/h4,6-8,10-12,18,20-21H,5,9,13-17H2,1-3H3;1H/q+1;/p-1. The molecule has 1 aromatic rings. The number of allylic oxidation sites excluding steroid dienone is 1. The second kappa shape index (κ2) is 8.81. The molecule has 0 N–H and O–H groups in total. The number of hydrogen-bond donors (Lipinski definition) is 0. The normalized spacial score (nSPS) is 25.2. The Morgan fingerprint density at radius 1 is 1.08 bits per heavy atom. The molecule has 1 aliphatic heterocycles. The van der Waals surface area contributed by atoms with Crippen molar-refractivity contribution in [2.75, 3.05) is 33.2 Å². The zero-order valence-corrected chi connectivity index (χ0v) is 17.7. The molecular formula is C21H33IN2. The molecule has 2 unspecified atom stereocenters. The molecule has 0 bridgehead atoms. The SMILES string of the molecule is CC(C)[N+]1(C)CCN(C(c2ccccc2)C2C=CCCC2)CC1.[I-]. The highest BCUT2D eigenvalue weighted by Gasteiger charge is 2.36. The van der Waals surface area contributed by atoms with Crippen LogP contribution in [0.25, 0.3) is 0 Å². The zero-order valence-electron chi connectivity index (χ0n) is 15.5. The average molecular weight is 440 g/mol. The monoisotopic (exact) mass is 440 g/mol. The van der Waals surface area contributed by atoms with Crippen LogP contribution in [0.2, 0.25) is 0 Å². The summed E-state index contributed by atoms with van der Waals surface area (Å²) in [6, 6.07) is 12.5. The summed E-state index contributed by atoms with van der Waals surface area (Å²) in [6.45, 7) is 9.73. The van der Waals surface area contributed by atoms with E-state index in [9.17, 15) is 0 Å². The van der Waals surface area contributed by atoms with Gasteiger partial charge in [0.25, 0.3) is 0 Å². The van der Waals surface area contributed by atoms with Gasteiger partial charge in [0, 0.05) is 19.1 Å². The Morgan fingerprint density at radius 3 is 2.29 bits per heavy atom. The van der Waals surface area contributed by atoms with E-state index in [4.69, 9.17) is 0 Å². The summed E-state index contributed by atoms with van der Waals surface area (Å²) >= 11 is 0. The number of quaternary nitrogens is 1. The molecule has 0 aromatic heterocycles. The molecule has 1 fully saturated rings. The van der Waals surface area contributed by atoms with E-state index in [1.165, 1.54) is 55.5 Å². The quantitative estimate of drug-likeness (QED) is 0.387. The first kappa shape index (κ1) is 19.9. The van der Waals surface area contributed by atoms with Gasteiger partial charge in [0.2, 0.25) is 0 Å². The predicted octanol–water partition coefficient (Wildman–Crippen LogP) is 1.26. The van der Waals surface area contributed by atoms with Crippen LogP contribution in [0.4, 0.5) is 0 Å². The molecule has 1 heterocycles. The van der Waals surface area contributed by atoms with Crippen LogP contribution >= 0.6 is 0 Å². The summed E-state index contributed by atoms with van der Waals surface area (Å²) in [5.41, 5.74) is 1.50. The minimum Gasteiger partial charge on any atom is -1.00 e. The van der Waals surface area contributed by atoms with Crippen LogP contribution < -0.4 is 24.0 Å². The molecule has 0 amide bonds. The Kier molecular flexibility index (Phi) is 7.32. The summed E-state index contributed by atoms with van der Waals surface area (Å²) in [5, 5.41) is 0. The minimum atomic E-state index is 0. The second-order valence-electron chi connectivity index (χ2n) is 7.93. The van der Waals surface area contributed by atoms with Gasteiger partial charge in [-0.3, -0.25) is 4.90 Å². The van der Waals surface area contributed by atoms with Gasteiger partial charge in [-0.05, 0) is 44.6 Å². The Hall–Kier alpha value is -0.390. The molecule has 1 saturated heterocycles. The van der Waals surface area contributed by atoms with E-state index < -0.39 is 0 Å². The first-order chi connectivity index (χ1) is 11.1. The van der Waals surface area contributed by atoms with Crippen molar-refractivity contribution >= 4 is 0 Å². The van der Waals surface area contributed by atoms with Gasteiger partial charge >= 0.3 is 0 Å². The Bertz CT molecular complexity index is 518. The summed E-state index contributed by atoms with van der Waals surface area (Å²) in [5.74, 6) is 0.682. The van der Waals surface area contributed by atoms with Crippen LogP contribution in [-0.2, 0) is 0 Å². The molecular weight excluding hydrogens is 407 g/mol. The largest absolute Gasteiger partial charge is 1.00 e. The van der Waals surface area contributed by atoms with E-state index in [2.05, 4.69) is 68.3 Å². The van der Waals surface area contributed by atoms with E-state index in [-0.39, 0.29) is 24.0 Å². The Balaban J connectivity index is 0.00000208. The lowest BCUT2D eigenvalue weighted by Gasteiger charge is -2.48. The number of halogens is 1. The molecule has 0 spiro atoms. The molecule has 3 rings (SSSR count). The molecule has 0 saturated carbocycles. The highest BCUT2D eigenvalue weighted by molar-refractivity contribution is 5.22. The highest BCUT2D eigenvalue weighted by Crippen LogP contribution is 2.36. The topological polar surface area (TPSA) is 3.24 Å². The molecule has 1 aliphatic carbocycles. The molecule has 1 aromatic carbocycles. The fourth-order valence-corrected chi connectivity index (χ4v) is 4.21. The number of likely N-dealkylation sites (N-methyl/N-ethyl adjacent to an activating group) is 1. The van der Waals surface area contributed by atoms with Gasteiger partial charge in [0.1, 0.15) is 0 Å². The average Bonchev–Trinajstić information content (AvgIpc) is 2.59. The number of hydrogen-bond acceptors (Lipinski definition) is 1. The molecule has 134 valence electrons. The van der Waals surface area contributed by atoms with Crippen LogP contribution in [0.5, 0.6) is 0 Å².